The molecule has 0 bridgehead atoms. The van der Waals surface area contributed by atoms with Gasteiger partial charge in [-0.25, -0.2) is 4.99 Å². The van der Waals surface area contributed by atoms with Gasteiger partial charge in [0.1, 0.15) is 0 Å². The summed E-state index contributed by atoms with van der Waals surface area (Å²) in [4.78, 5) is 3.11. The van der Waals surface area contributed by atoms with Crippen LogP contribution in [0.2, 0.25) is 0 Å². The second kappa shape index (κ2) is 2.52. The Hall–Kier alpha value is -1.07. The zero-order valence-corrected chi connectivity index (χ0v) is 5.76. The van der Waals surface area contributed by atoms with Gasteiger partial charge in [-0.15, -0.1) is 0 Å². The fourth-order valence-corrected chi connectivity index (χ4v) is 0.604. The van der Waals surface area contributed by atoms with E-state index in [1.807, 2.05) is 0 Å². The molecule has 1 aliphatic heterocycles. The van der Waals surface area contributed by atoms with E-state index >= 15 is 0 Å². The molecule has 1 rings (SSSR count). The van der Waals surface area contributed by atoms with Crippen LogP contribution >= 0.6 is 0 Å². The predicted octanol–water partition coefficient (Wildman–Crippen LogP) is 0.878. The molecule has 1 heterocycles. The minimum atomic E-state index is -4.44. The van der Waals surface area contributed by atoms with Crippen molar-refractivity contribution < 1.29 is 13.2 Å². The molecular weight excluding hydrogens is 159 g/mol. The van der Waals surface area contributed by atoms with Crippen molar-refractivity contribution in [1.82, 2.24) is 5.01 Å². The maximum Gasteiger partial charge on any atom is 0.453 e. The van der Waals surface area contributed by atoms with E-state index in [0.29, 0.717) is 6.54 Å². The Balaban J connectivity index is 2.80. The predicted molar refractivity (Wildman–Crippen MR) is 34.6 cm³/mol. The summed E-state index contributed by atoms with van der Waals surface area (Å²) in [6.45, 7) is 0.319. The van der Waals surface area contributed by atoms with E-state index in [1.54, 1.807) is 0 Å². The molecule has 6 heteroatoms. The van der Waals surface area contributed by atoms with E-state index in [0.717, 1.165) is 0 Å². The quantitative estimate of drug-likeness (QED) is 0.523. The molecule has 1 aliphatic rings. The lowest BCUT2D eigenvalue weighted by Crippen LogP contribution is -2.29. The average Bonchev–Trinajstić information content (AvgIpc) is 1.86. The van der Waals surface area contributed by atoms with Crippen molar-refractivity contribution in [3.05, 3.63) is 0 Å². The lowest BCUT2D eigenvalue weighted by atomic mass is 10.5. The van der Waals surface area contributed by atoms with E-state index in [4.69, 9.17) is 0 Å². The Kier molecular flexibility index (Phi) is 1.84. The monoisotopic (exact) mass is 165 g/mol. The Morgan fingerprint density at radius 2 is 2.18 bits per heavy atom. The molecule has 62 valence electrons. The summed E-state index contributed by atoms with van der Waals surface area (Å²) in [5, 5.41) is 4.36. The van der Waals surface area contributed by atoms with Crippen LogP contribution in [0.15, 0.2) is 10.1 Å². The smallest absolute Gasteiger partial charge is 0.293 e. The SMILES string of the molecule is CN1CC=NC(C(F)(F)F)=N1. The first-order valence-electron chi connectivity index (χ1n) is 2.89. The molecule has 0 unspecified atom stereocenters. The Morgan fingerprint density at radius 1 is 1.55 bits per heavy atom. The minimum absolute atomic E-state index is 0.319. The number of rotatable bonds is 0. The third-order valence-electron chi connectivity index (χ3n) is 1.08. The summed E-state index contributed by atoms with van der Waals surface area (Å²) in [7, 11) is 1.46. The zero-order valence-electron chi connectivity index (χ0n) is 5.76. The summed E-state index contributed by atoms with van der Waals surface area (Å²) in [5.41, 5.74) is 0. The van der Waals surface area contributed by atoms with Gasteiger partial charge in [0.05, 0.1) is 6.54 Å². The molecule has 0 N–H and O–H groups in total. The van der Waals surface area contributed by atoms with Crippen molar-refractivity contribution in [2.24, 2.45) is 10.1 Å². The van der Waals surface area contributed by atoms with Gasteiger partial charge in [-0.05, 0) is 0 Å². The summed E-state index contributed by atoms with van der Waals surface area (Å²) in [5.74, 6) is -1.09. The molecule has 0 aromatic carbocycles. The van der Waals surface area contributed by atoms with Crippen molar-refractivity contribution in [3.63, 3.8) is 0 Å². The molecular formula is C5H6F3N3. The molecule has 0 radical (unpaired) electrons. The molecule has 3 nitrogen and oxygen atoms in total. The molecule has 0 aromatic rings. The second-order valence-electron chi connectivity index (χ2n) is 2.07. The number of halogens is 3. The van der Waals surface area contributed by atoms with Gasteiger partial charge in [0.15, 0.2) is 0 Å². The van der Waals surface area contributed by atoms with Crippen LogP contribution in [0.25, 0.3) is 0 Å². The molecule has 0 fully saturated rings. The highest BCUT2D eigenvalue weighted by Gasteiger charge is 2.37. The number of amidine groups is 1. The molecule has 0 aromatic heterocycles. The lowest BCUT2D eigenvalue weighted by molar-refractivity contribution is -0.0611. The number of aliphatic imine (C=N–C) groups is 1. The largest absolute Gasteiger partial charge is 0.453 e. The van der Waals surface area contributed by atoms with Crippen LogP contribution in [-0.4, -0.2) is 36.8 Å². The van der Waals surface area contributed by atoms with Gasteiger partial charge in [-0.3, -0.25) is 5.01 Å². The third kappa shape index (κ3) is 1.92. The van der Waals surface area contributed by atoms with E-state index in [2.05, 4.69) is 10.1 Å². The zero-order chi connectivity index (χ0) is 8.48. The van der Waals surface area contributed by atoms with Crippen LogP contribution in [0.4, 0.5) is 13.2 Å². The van der Waals surface area contributed by atoms with E-state index in [1.165, 1.54) is 18.3 Å². The fraction of sp³-hybridized carbons (Fsp3) is 0.600. The Morgan fingerprint density at radius 3 is 2.55 bits per heavy atom. The molecule has 0 atom stereocenters. The van der Waals surface area contributed by atoms with E-state index in [9.17, 15) is 13.2 Å². The Labute approximate surface area is 61.2 Å². The van der Waals surface area contributed by atoms with Crippen molar-refractivity contribution in [2.75, 3.05) is 13.6 Å². The van der Waals surface area contributed by atoms with Gasteiger partial charge in [0, 0.05) is 13.3 Å². The number of hydrogen-bond donors (Lipinski definition) is 0. The Bertz CT molecular complexity index is 206. The lowest BCUT2D eigenvalue weighted by Gasteiger charge is -2.16. The number of hydrogen-bond acceptors (Lipinski definition) is 3. The molecule has 0 saturated heterocycles. The molecule has 0 aliphatic carbocycles. The van der Waals surface area contributed by atoms with Gasteiger partial charge < -0.3 is 0 Å². The fourth-order valence-electron chi connectivity index (χ4n) is 0.604. The van der Waals surface area contributed by atoms with E-state index in [-0.39, 0.29) is 0 Å². The topological polar surface area (TPSA) is 28.0 Å². The molecule has 0 spiro atoms. The van der Waals surface area contributed by atoms with Crippen LogP contribution in [0.3, 0.4) is 0 Å². The third-order valence-corrected chi connectivity index (χ3v) is 1.08. The normalized spacial score (nSPS) is 18.5. The van der Waals surface area contributed by atoms with Crippen LogP contribution < -0.4 is 0 Å². The van der Waals surface area contributed by atoms with Crippen LogP contribution in [0.1, 0.15) is 0 Å². The number of alkyl halides is 3. The van der Waals surface area contributed by atoms with Gasteiger partial charge in [0.25, 0.3) is 5.84 Å². The average molecular weight is 165 g/mol. The van der Waals surface area contributed by atoms with Gasteiger partial charge in [-0.1, -0.05) is 0 Å². The van der Waals surface area contributed by atoms with E-state index < -0.39 is 12.0 Å². The van der Waals surface area contributed by atoms with Crippen LogP contribution in [0.5, 0.6) is 0 Å². The van der Waals surface area contributed by atoms with Gasteiger partial charge >= 0.3 is 6.18 Å². The maximum absolute atomic E-state index is 11.8. The summed E-state index contributed by atoms with van der Waals surface area (Å²) >= 11 is 0. The second-order valence-corrected chi connectivity index (χ2v) is 2.07. The van der Waals surface area contributed by atoms with Crippen molar-refractivity contribution in [1.29, 1.82) is 0 Å². The first-order valence-corrected chi connectivity index (χ1v) is 2.89. The van der Waals surface area contributed by atoms with Crippen molar-refractivity contribution in [2.45, 2.75) is 6.18 Å². The number of nitrogens with zero attached hydrogens (tertiary/aromatic N) is 3. The highest BCUT2D eigenvalue weighted by atomic mass is 19.4. The summed E-state index contributed by atoms with van der Waals surface area (Å²) in [6.07, 6.45) is -3.26. The highest BCUT2D eigenvalue weighted by Crippen LogP contribution is 2.19. The van der Waals surface area contributed by atoms with Crippen LogP contribution in [0, 0.1) is 0 Å². The molecule has 0 amide bonds. The van der Waals surface area contributed by atoms with Gasteiger partial charge in [0.2, 0.25) is 0 Å². The van der Waals surface area contributed by atoms with Crippen LogP contribution in [-0.2, 0) is 0 Å². The number of hydrazone groups is 1. The molecule has 0 saturated carbocycles. The summed E-state index contributed by atoms with van der Waals surface area (Å²) < 4.78 is 35.5. The first-order chi connectivity index (χ1) is 5.00. The minimum Gasteiger partial charge on any atom is -0.293 e. The maximum atomic E-state index is 11.8. The van der Waals surface area contributed by atoms with Gasteiger partial charge in [-0.2, -0.15) is 18.3 Å². The van der Waals surface area contributed by atoms with Crippen molar-refractivity contribution >= 4 is 12.1 Å². The van der Waals surface area contributed by atoms with Crippen molar-refractivity contribution in [3.8, 4) is 0 Å². The highest BCUT2D eigenvalue weighted by molar-refractivity contribution is 5.94. The summed E-state index contributed by atoms with van der Waals surface area (Å²) in [6, 6.07) is 0. The molecule has 11 heavy (non-hydrogen) atoms. The first kappa shape index (κ1) is 8.03. The standard InChI is InChI=1S/C5H6F3N3/c1-11-3-2-9-4(10-11)5(6,7)8/h2H,3H2,1H3.